The molecule has 0 saturated carbocycles. The molecule has 0 saturated heterocycles. The Balaban J connectivity index is 1.41. The molecule has 0 spiro atoms. The minimum atomic E-state index is 0.479. The average molecular weight is 456 g/mol. The molecule has 0 aliphatic carbocycles. The first-order valence-corrected chi connectivity index (χ1v) is 9.88. The van der Waals surface area contributed by atoms with E-state index in [1.807, 2.05) is 72.8 Å². The third-order valence-corrected chi connectivity index (χ3v) is 5.03. The number of halogens is 2. The summed E-state index contributed by atoms with van der Waals surface area (Å²) in [6.07, 6.45) is 0.547. The molecule has 0 atom stereocenters. The highest BCUT2D eigenvalue weighted by atomic mass is 79.9. The number of para-hydroxylation sites is 1. The van der Waals surface area contributed by atoms with Gasteiger partial charge in [-0.2, -0.15) is 0 Å². The Morgan fingerprint density at radius 1 is 0.893 bits per heavy atom. The van der Waals surface area contributed by atoms with Crippen LogP contribution in [0.5, 0.6) is 5.75 Å². The monoisotopic (exact) mass is 454 g/mol. The molecule has 4 aromatic rings. The maximum atomic E-state index is 6.02. The fraction of sp³-hybridized carbons (Fsp3) is 0.0909. The van der Waals surface area contributed by atoms with Gasteiger partial charge >= 0.3 is 0 Å². The third-order valence-electron chi connectivity index (χ3n) is 4.14. The van der Waals surface area contributed by atoms with Crippen LogP contribution in [0.1, 0.15) is 17.0 Å². The lowest BCUT2D eigenvalue weighted by Crippen LogP contribution is -1.95. The lowest BCUT2D eigenvalue weighted by Gasteiger charge is -2.08. The molecule has 1 aromatic heterocycles. The van der Waals surface area contributed by atoms with Crippen LogP contribution in [0.3, 0.4) is 0 Å². The molecule has 140 valence electrons. The van der Waals surface area contributed by atoms with Crippen LogP contribution in [0.15, 0.2) is 81.7 Å². The molecule has 0 radical (unpaired) electrons. The first-order valence-electron chi connectivity index (χ1n) is 8.71. The minimum Gasteiger partial charge on any atom is -0.488 e. The van der Waals surface area contributed by atoms with Crippen molar-refractivity contribution in [3.05, 3.63) is 99.3 Å². The summed E-state index contributed by atoms with van der Waals surface area (Å²) in [7, 11) is 0. The highest BCUT2D eigenvalue weighted by molar-refractivity contribution is 9.10. The maximum Gasteiger partial charge on any atom is 0.247 e. The summed E-state index contributed by atoms with van der Waals surface area (Å²) in [6.45, 7) is 0.479. The van der Waals surface area contributed by atoms with Gasteiger partial charge in [0.2, 0.25) is 11.8 Å². The molecule has 4 nitrogen and oxygen atoms in total. The summed E-state index contributed by atoms with van der Waals surface area (Å²) >= 11 is 9.50. The van der Waals surface area contributed by atoms with E-state index in [-0.39, 0.29) is 0 Å². The molecule has 28 heavy (non-hydrogen) atoms. The van der Waals surface area contributed by atoms with Gasteiger partial charge < -0.3 is 9.15 Å². The lowest BCUT2D eigenvalue weighted by molar-refractivity contribution is 0.304. The standard InChI is InChI=1S/C22H16BrClN2O2/c23-19-6-1-2-7-20(19)27-14-15-8-10-17(11-9-15)22-26-25-21(28-22)13-16-4-3-5-18(24)12-16/h1-12H,13-14H2. The van der Waals surface area contributed by atoms with Crippen molar-refractivity contribution in [3.63, 3.8) is 0 Å². The summed E-state index contributed by atoms with van der Waals surface area (Å²) in [5.41, 5.74) is 2.95. The fourth-order valence-corrected chi connectivity index (χ4v) is 3.34. The average Bonchev–Trinajstić information content (AvgIpc) is 3.16. The molecule has 1 heterocycles. The van der Waals surface area contributed by atoms with Crippen LogP contribution in [-0.2, 0) is 13.0 Å². The molecular formula is C22H16BrClN2O2. The van der Waals surface area contributed by atoms with Crippen LogP contribution in [0.25, 0.3) is 11.5 Å². The summed E-state index contributed by atoms with van der Waals surface area (Å²) in [4.78, 5) is 0. The molecule has 0 fully saturated rings. The zero-order valence-corrected chi connectivity index (χ0v) is 17.2. The molecule has 3 aromatic carbocycles. The van der Waals surface area contributed by atoms with E-state index in [9.17, 15) is 0 Å². The second kappa shape index (κ2) is 8.59. The summed E-state index contributed by atoms with van der Waals surface area (Å²) < 4.78 is 12.6. The van der Waals surface area contributed by atoms with Crippen molar-refractivity contribution < 1.29 is 9.15 Å². The first-order chi connectivity index (χ1) is 13.7. The molecule has 0 bridgehead atoms. The molecule has 0 aliphatic heterocycles. The Kier molecular flexibility index (Phi) is 5.74. The largest absolute Gasteiger partial charge is 0.488 e. The van der Waals surface area contributed by atoms with Gasteiger partial charge in [-0.25, -0.2) is 0 Å². The van der Waals surface area contributed by atoms with E-state index >= 15 is 0 Å². The smallest absolute Gasteiger partial charge is 0.247 e. The van der Waals surface area contributed by atoms with E-state index < -0.39 is 0 Å². The Bertz CT molecular complexity index is 1080. The van der Waals surface area contributed by atoms with Crippen LogP contribution in [0, 0.1) is 0 Å². The third kappa shape index (κ3) is 4.61. The normalized spacial score (nSPS) is 10.8. The SMILES string of the molecule is Clc1cccc(Cc2nnc(-c3ccc(COc4ccccc4Br)cc3)o2)c1. The quantitative estimate of drug-likeness (QED) is 0.341. The highest BCUT2D eigenvalue weighted by Crippen LogP contribution is 2.25. The predicted octanol–water partition coefficient (Wildman–Crippen LogP) is 6.32. The van der Waals surface area contributed by atoms with Crippen molar-refractivity contribution in [2.45, 2.75) is 13.0 Å². The molecule has 6 heteroatoms. The Morgan fingerprint density at radius 2 is 1.71 bits per heavy atom. The number of nitrogens with zero attached hydrogens (tertiary/aromatic N) is 2. The maximum absolute atomic E-state index is 6.02. The Labute approximate surface area is 176 Å². The van der Waals surface area contributed by atoms with Crippen LogP contribution in [0.2, 0.25) is 5.02 Å². The van der Waals surface area contributed by atoms with Gasteiger partial charge in [-0.05, 0) is 63.5 Å². The molecule has 0 N–H and O–H groups in total. The van der Waals surface area contributed by atoms with E-state index in [1.165, 1.54) is 0 Å². The number of aromatic nitrogens is 2. The van der Waals surface area contributed by atoms with E-state index in [0.29, 0.717) is 29.8 Å². The molecular weight excluding hydrogens is 440 g/mol. The second-order valence-electron chi connectivity index (χ2n) is 6.22. The van der Waals surface area contributed by atoms with Crippen LogP contribution >= 0.6 is 27.5 Å². The van der Waals surface area contributed by atoms with Crippen LogP contribution < -0.4 is 4.74 Å². The van der Waals surface area contributed by atoms with Gasteiger partial charge in [0.05, 0.1) is 10.9 Å². The van der Waals surface area contributed by atoms with Gasteiger partial charge in [0.1, 0.15) is 12.4 Å². The number of ether oxygens (including phenoxy) is 1. The van der Waals surface area contributed by atoms with E-state index in [1.54, 1.807) is 0 Å². The number of hydrogen-bond donors (Lipinski definition) is 0. The lowest BCUT2D eigenvalue weighted by atomic mass is 10.1. The van der Waals surface area contributed by atoms with Crippen molar-refractivity contribution in [1.29, 1.82) is 0 Å². The molecule has 0 aliphatic rings. The van der Waals surface area contributed by atoms with Crippen molar-refractivity contribution in [2.75, 3.05) is 0 Å². The van der Waals surface area contributed by atoms with Gasteiger partial charge in [0.15, 0.2) is 0 Å². The van der Waals surface area contributed by atoms with Gasteiger partial charge in [-0.3, -0.25) is 0 Å². The van der Waals surface area contributed by atoms with Crippen LogP contribution in [0.4, 0.5) is 0 Å². The summed E-state index contributed by atoms with van der Waals surface area (Å²) in [6, 6.07) is 23.3. The van der Waals surface area contributed by atoms with Gasteiger partial charge in [0, 0.05) is 10.6 Å². The van der Waals surface area contributed by atoms with Crippen molar-refractivity contribution in [2.24, 2.45) is 0 Å². The zero-order chi connectivity index (χ0) is 19.3. The molecule has 0 unspecified atom stereocenters. The Hall–Kier alpha value is -2.63. The Morgan fingerprint density at radius 3 is 2.50 bits per heavy atom. The first kappa shape index (κ1) is 18.7. The van der Waals surface area contributed by atoms with Gasteiger partial charge in [-0.15, -0.1) is 10.2 Å². The van der Waals surface area contributed by atoms with Gasteiger partial charge in [-0.1, -0.05) is 48.0 Å². The van der Waals surface area contributed by atoms with Crippen LogP contribution in [-0.4, -0.2) is 10.2 Å². The van der Waals surface area contributed by atoms with Crippen molar-refractivity contribution in [1.82, 2.24) is 10.2 Å². The number of benzene rings is 3. The van der Waals surface area contributed by atoms with Crippen molar-refractivity contribution >= 4 is 27.5 Å². The fourth-order valence-electron chi connectivity index (χ4n) is 2.73. The molecule has 0 amide bonds. The van der Waals surface area contributed by atoms with E-state index in [4.69, 9.17) is 20.8 Å². The second-order valence-corrected chi connectivity index (χ2v) is 7.51. The number of hydrogen-bond acceptors (Lipinski definition) is 4. The number of rotatable bonds is 6. The van der Waals surface area contributed by atoms with E-state index in [2.05, 4.69) is 26.1 Å². The van der Waals surface area contributed by atoms with Gasteiger partial charge in [0.25, 0.3) is 0 Å². The highest BCUT2D eigenvalue weighted by Gasteiger charge is 2.10. The summed E-state index contributed by atoms with van der Waals surface area (Å²) in [5, 5.41) is 8.98. The minimum absolute atomic E-state index is 0.479. The molecule has 4 rings (SSSR count). The predicted molar refractivity (Wildman–Crippen MR) is 112 cm³/mol. The zero-order valence-electron chi connectivity index (χ0n) is 14.8. The summed E-state index contributed by atoms with van der Waals surface area (Å²) in [5.74, 6) is 1.86. The topological polar surface area (TPSA) is 48.2 Å². The van der Waals surface area contributed by atoms with Crippen molar-refractivity contribution in [3.8, 4) is 17.2 Å². The van der Waals surface area contributed by atoms with E-state index in [0.717, 1.165) is 26.9 Å².